The maximum absolute atomic E-state index is 13.7. The number of hydrogen-bond donors (Lipinski definition) is 1. The Hall–Kier alpha value is -1.75. The number of aromatic nitrogens is 2. The van der Waals surface area contributed by atoms with Gasteiger partial charge in [0.05, 0.1) is 16.6 Å². The molecule has 5 heteroatoms. The Kier molecular flexibility index (Phi) is 2.63. The van der Waals surface area contributed by atoms with Crippen molar-refractivity contribution < 1.29 is 8.78 Å². The molecule has 0 aliphatic rings. The topological polar surface area (TPSA) is 28.7 Å². The molecule has 0 atom stereocenters. The lowest BCUT2D eigenvalue weighted by Gasteiger charge is -1.99. The maximum atomic E-state index is 13.7. The molecule has 0 amide bonds. The minimum Gasteiger partial charge on any atom is -0.338 e. The van der Waals surface area contributed by atoms with E-state index in [1.54, 1.807) is 18.2 Å². The summed E-state index contributed by atoms with van der Waals surface area (Å²) in [5.41, 5.74) is 1.50. The summed E-state index contributed by atoms with van der Waals surface area (Å²) in [5.74, 6) is -0.348. The molecule has 3 rings (SSSR count). The van der Waals surface area contributed by atoms with Gasteiger partial charge in [0.1, 0.15) is 17.5 Å². The van der Waals surface area contributed by atoms with Gasteiger partial charge in [-0.15, -0.1) is 0 Å². The maximum Gasteiger partial charge on any atom is 0.141 e. The number of hydrogen-bond acceptors (Lipinski definition) is 1. The fourth-order valence-electron chi connectivity index (χ4n) is 1.79. The average Bonchev–Trinajstić information content (AvgIpc) is 2.74. The van der Waals surface area contributed by atoms with E-state index in [1.807, 2.05) is 0 Å². The van der Waals surface area contributed by atoms with Crippen LogP contribution in [0.15, 0.2) is 40.9 Å². The third kappa shape index (κ3) is 1.90. The number of aromatic amines is 1. The van der Waals surface area contributed by atoms with E-state index in [0.29, 0.717) is 22.4 Å². The van der Waals surface area contributed by atoms with Crippen molar-refractivity contribution in [1.29, 1.82) is 0 Å². The first-order chi connectivity index (χ1) is 8.63. The third-order valence-corrected chi connectivity index (χ3v) is 3.12. The molecule has 1 aromatic heterocycles. The fourth-order valence-corrected chi connectivity index (χ4v) is 2.15. The Balaban J connectivity index is 2.22. The molecule has 0 saturated heterocycles. The molecule has 18 heavy (non-hydrogen) atoms. The van der Waals surface area contributed by atoms with Crippen molar-refractivity contribution in [3.8, 4) is 11.4 Å². The summed E-state index contributed by atoms with van der Waals surface area (Å²) in [6, 6.07) is 8.81. The molecule has 2 aromatic carbocycles. The normalized spacial score (nSPS) is 11.1. The molecule has 0 bridgehead atoms. The van der Waals surface area contributed by atoms with E-state index in [9.17, 15) is 8.78 Å². The third-order valence-electron chi connectivity index (χ3n) is 2.63. The summed E-state index contributed by atoms with van der Waals surface area (Å²) >= 11 is 3.28. The Morgan fingerprint density at radius 2 is 1.89 bits per heavy atom. The lowest BCUT2D eigenvalue weighted by Crippen LogP contribution is -1.86. The van der Waals surface area contributed by atoms with E-state index in [4.69, 9.17) is 0 Å². The first kappa shape index (κ1) is 11.3. The summed E-state index contributed by atoms with van der Waals surface area (Å²) in [7, 11) is 0. The molecular weight excluding hydrogens is 302 g/mol. The Morgan fingerprint density at radius 1 is 1.06 bits per heavy atom. The highest BCUT2D eigenvalue weighted by molar-refractivity contribution is 9.10. The molecular formula is C13H7BrF2N2. The van der Waals surface area contributed by atoms with Crippen LogP contribution < -0.4 is 0 Å². The standard InChI is InChI=1S/C13H7BrF2N2/c14-7-1-3-10(16)9(5-7)13-17-11-4-2-8(15)6-12(11)18-13/h1-6H,(H,17,18). The molecule has 3 aromatic rings. The van der Waals surface area contributed by atoms with Crippen LogP contribution in [0.4, 0.5) is 8.78 Å². The molecule has 0 aliphatic carbocycles. The molecule has 0 radical (unpaired) electrons. The quantitative estimate of drug-likeness (QED) is 0.714. The van der Waals surface area contributed by atoms with Gasteiger partial charge in [0.2, 0.25) is 0 Å². The number of benzene rings is 2. The van der Waals surface area contributed by atoms with Gasteiger partial charge in [0, 0.05) is 4.47 Å². The van der Waals surface area contributed by atoms with E-state index in [-0.39, 0.29) is 11.6 Å². The molecule has 0 saturated carbocycles. The molecule has 1 heterocycles. The lowest BCUT2D eigenvalue weighted by atomic mass is 10.2. The molecule has 90 valence electrons. The predicted molar refractivity (Wildman–Crippen MR) is 69.1 cm³/mol. The first-order valence-electron chi connectivity index (χ1n) is 5.24. The highest BCUT2D eigenvalue weighted by Gasteiger charge is 2.10. The predicted octanol–water partition coefficient (Wildman–Crippen LogP) is 4.27. The van der Waals surface area contributed by atoms with Gasteiger partial charge >= 0.3 is 0 Å². The molecule has 0 unspecified atom stereocenters. The van der Waals surface area contributed by atoms with Gasteiger partial charge in [-0.25, -0.2) is 13.8 Å². The Bertz CT molecular complexity index is 737. The van der Waals surface area contributed by atoms with E-state index in [0.717, 1.165) is 4.47 Å². The van der Waals surface area contributed by atoms with E-state index in [2.05, 4.69) is 25.9 Å². The zero-order chi connectivity index (χ0) is 12.7. The smallest absolute Gasteiger partial charge is 0.141 e. The second-order valence-corrected chi connectivity index (χ2v) is 4.79. The van der Waals surface area contributed by atoms with Crippen LogP contribution in [0.25, 0.3) is 22.4 Å². The van der Waals surface area contributed by atoms with Crippen LogP contribution in [0, 0.1) is 11.6 Å². The van der Waals surface area contributed by atoms with Gasteiger partial charge in [-0.05, 0) is 36.4 Å². The van der Waals surface area contributed by atoms with Gasteiger partial charge in [-0.1, -0.05) is 15.9 Å². The number of rotatable bonds is 1. The van der Waals surface area contributed by atoms with Crippen molar-refractivity contribution in [2.24, 2.45) is 0 Å². The molecule has 2 nitrogen and oxygen atoms in total. The summed E-state index contributed by atoms with van der Waals surface area (Å²) in [4.78, 5) is 7.15. The highest BCUT2D eigenvalue weighted by Crippen LogP contribution is 2.26. The van der Waals surface area contributed by atoms with E-state index in [1.165, 1.54) is 18.2 Å². The van der Waals surface area contributed by atoms with E-state index >= 15 is 0 Å². The monoisotopic (exact) mass is 308 g/mol. The highest BCUT2D eigenvalue weighted by atomic mass is 79.9. The van der Waals surface area contributed by atoms with Crippen LogP contribution in [-0.4, -0.2) is 9.97 Å². The first-order valence-corrected chi connectivity index (χ1v) is 6.03. The van der Waals surface area contributed by atoms with E-state index < -0.39 is 0 Å². The van der Waals surface area contributed by atoms with Gasteiger partial charge in [-0.3, -0.25) is 0 Å². The van der Waals surface area contributed by atoms with Crippen LogP contribution in [0.3, 0.4) is 0 Å². The molecule has 1 N–H and O–H groups in total. The zero-order valence-electron chi connectivity index (χ0n) is 9.05. The van der Waals surface area contributed by atoms with Crippen molar-refractivity contribution >= 4 is 27.0 Å². The second-order valence-electron chi connectivity index (χ2n) is 3.87. The van der Waals surface area contributed by atoms with Gasteiger partial charge in [0.25, 0.3) is 0 Å². The minimum absolute atomic E-state index is 0.348. The molecule has 0 aliphatic heterocycles. The van der Waals surface area contributed by atoms with Crippen LogP contribution in [-0.2, 0) is 0 Å². The van der Waals surface area contributed by atoms with Crippen LogP contribution >= 0.6 is 15.9 Å². The molecule has 0 spiro atoms. The summed E-state index contributed by atoms with van der Waals surface area (Å²) in [6.07, 6.45) is 0. The number of halogens is 3. The van der Waals surface area contributed by atoms with Gasteiger partial charge in [0.15, 0.2) is 0 Å². The van der Waals surface area contributed by atoms with Crippen LogP contribution in [0.1, 0.15) is 0 Å². The number of H-pyrrole nitrogens is 1. The lowest BCUT2D eigenvalue weighted by molar-refractivity contribution is 0.629. The second kappa shape index (κ2) is 4.17. The summed E-state index contributed by atoms with van der Waals surface area (Å²) in [5, 5.41) is 0. The summed E-state index contributed by atoms with van der Waals surface area (Å²) < 4.78 is 27.5. The summed E-state index contributed by atoms with van der Waals surface area (Å²) in [6.45, 7) is 0. The van der Waals surface area contributed by atoms with Crippen molar-refractivity contribution in [2.75, 3.05) is 0 Å². The van der Waals surface area contributed by atoms with Crippen LogP contribution in [0.5, 0.6) is 0 Å². The SMILES string of the molecule is Fc1ccc2nc(-c3cc(Br)ccc3F)[nH]c2c1. The zero-order valence-corrected chi connectivity index (χ0v) is 10.6. The fraction of sp³-hybridized carbons (Fsp3) is 0. The minimum atomic E-state index is -0.377. The van der Waals surface area contributed by atoms with Crippen LogP contribution in [0.2, 0.25) is 0 Å². The Labute approximate surface area is 110 Å². The average molecular weight is 309 g/mol. The van der Waals surface area contributed by atoms with Crippen molar-refractivity contribution in [2.45, 2.75) is 0 Å². The number of nitrogens with zero attached hydrogens (tertiary/aromatic N) is 1. The Morgan fingerprint density at radius 3 is 2.72 bits per heavy atom. The number of imidazole rings is 1. The largest absolute Gasteiger partial charge is 0.338 e. The van der Waals surface area contributed by atoms with Gasteiger partial charge in [-0.2, -0.15) is 0 Å². The van der Waals surface area contributed by atoms with Crippen molar-refractivity contribution in [3.05, 3.63) is 52.5 Å². The van der Waals surface area contributed by atoms with Crippen molar-refractivity contribution in [3.63, 3.8) is 0 Å². The van der Waals surface area contributed by atoms with Crippen molar-refractivity contribution in [1.82, 2.24) is 9.97 Å². The van der Waals surface area contributed by atoms with Gasteiger partial charge < -0.3 is 4.98 Å². The number of nitrogens with one attached hydrogen (secondary N) is 1. The number of fused-ring (bicyclic) bond motifs is 1. The molecule has 0 fully saturated rings.